The van der Waals surface area contributed by atoms with E-state index in [1.54, 1.807) is 0 Å². The molecule has 132 valence electrons. The molecule has 0 radical (unpaired) electrons. The second-order valence-corrected chi connectivity index (χ2v) is 7.58. The van der Waals surface area contributed by atoms with E-state index in [1.165, 1.54) is 0 Å². The van der Waals surface area contributed by atoms with Crippen LogP contribution in [0, 0.1) is 19.8 Å². The number of aliphatic hydroxyl groups is 1. The number of amides is 1. The van der Waals surface area contributed by atoms with Gasteiger partial charge < -0.3 is 10.0 Å². The lowest BCUT2D eigenvalue weighted by Crippen LogP contribution is -2.44. The zero-order valence-corrected chi connectivity index (χ0v) is 14.9. The molecule has 0 bridgehead atoms. The molecule has 1 aromatic heterocycles. The largest absolute Gasteiger partial charge is 0.390 e. The fourth-order valence-corrected chi connectivity index (χ4v) is 3.95. The summed E-state index contributed by atoms with van der Waals surface area (Å²) in [4.78, 5) is 14.7. The van der Waals surface area contributed by atoms with Gasteiger partial charge in [-0.2, -0.15) is 5.10 Å². The van der Waals surface area contributed by atoms with Gasteiger partial charge in [0.25, 0.3) is 5.91 Å². The van der Waals surface area contributed by atoms with Crippen LogP contribution in [-0.4, -0.2) is 44.4 Å². The Kier molecular flexibility index (Phi) is 3.91. The summed E-state index contributed by atoms with van der Waals surface area (Å²) >= 11 is 0. The standard InChI is InChI=1S/C20H25N3O2/c1-14-12-15(2)23(21-14)18-7-5-16(6-8-18)19(24)22-11-3-4-17(13-22)20(25)9-10-20/h5-8,12,17,25H,3-4,9-11,13H2,1-2H3. The van der Waals surface area contributed by atoms with Gasteiger partial charge in [-0.1, -0.05) is 0 Å². The zero-order valence-electron chi connectivity index (χ0n) is 14.9. The molecule has 1 aliphatic heterocycles. The van der Waals surface area contributed by atoms with E-state index in [-0.39, 0.29) is 11.8 Å². The Morgan fingerprint density at radius 3 is 2.56 bits per heavy atom. The minimum Gasteiger partial charge on any atom is -0.390 e. The molecule has 2 fully saturated rings. The van der Waals surface area contributed by atoms with Gasteiger partial charge in [-0.3, -0.25) is 4.79 Å². The van der Waals surface area contributed by atoms with Crippen molar-refractivity contribution in [3.63, 3.8) is 0 Å². The van der Waals surface area contributed by atoms with E-state index >= 15 is 0 Å². The quantitative estimate of drug-likeness (QED) is 0.935. The molecule has 1 atom stereocenters. The highest BCUT2D eigenvalue weighted by molar-refractivity contribution is 5.94. The summed E-state index contributed by atoms with van der Waals surface area (Å²) in [6, 6.07) is 9.69. The Hall–Kier alpha value is -2.14. The number of aromatic nitrogens is 2. The van der Waals surface area contributed by atoms with Crippen LogP contribution in [0.5, 0.6) is 0 Å². The number of aryl methyl sites for hydroxylation is 2. The third kappa shape index (κ3) is 3.09. The Balaban J connectivity index is 1.49. The van der Waals surface area contributed by atoms with Gasteiger partial charge in [-0.15, -0.1) is 0 Å². The van der Waals surface area contributed by atoms with E-state index in [0.717, 1.165) is 49.3 Å². The minimum absolute atomic E-state index is 0.0638. The lowest BCUT2D eigenvalue weighted by molar-refractivity contribution is 0.0282. The van der Waals surface area contributed by atoms with Crippen molar-refractivity contribution in [1.29, 1.82) is 0 Å². The molecule has 1 aromatic carbocycles. The van der Waals surface area contributed by atoms with Crippen LogP contribution in [0.1, 0.15) is 47.4 Å². The maximum atomic E-state index is 12.8. The predicted octanol–water partition coefficient (Wildman–Crippen LogP) is 2.87. The first kappa shape index (κ1) is 16.3. The van der Waals surface area contributed by atoms with Crippen LogP contribution >= 0.6 is 0 Å². The van der Waals surface area contributed by atoms with E-state index in [9.17, 15) is 9.90 Å². The Morgan fingerprint density at radius 1 is 1.24 bits per heavy atom. The van der Waals surface area contributed by atoms with Gasteiger partial charge >= 0.3 is 0 Å². The number of benzene rings is 1. The van der Waals surface area contributed by atoms with Crippen molar-refractivity contribution >= 4 is 5.91 Å². The molecule has 1 aliphatic carbocycles. The molecule has 2 heterocycles. The number of piperidine rings is 1. The van der Waals surface area contributed by atoms with E-state index in [0.29, 0.717) is 12.1 Å². The average Bonchev–Trinajstić information content (AvgIpc) is 3.29. The average molecular weight is 339 g/mol. The van der Waals surface area contributed by atoms with Crippen LogP contribution in [0.3, 0.4) is 0 Å². The van der Waals surface area contributed by atoms with Crippen LogP contribution in [0.4, 0.5) is 0 Å². The molecule has 5 heteroatoms. The molecule has 2 aromatic rings. The monoisotopic (exact) mass is 339 g/mol. The van der Waals surface area contributed by atoms with Gasteiger partial charge in [0, 0.05) is 30.3 Å². The fourth-order valence-electron chi connectivity index (χ4n) is 3.95. The highest BCUT2D eigenvalue weighted by Gasteiger charge is 2.49. The van der Waals surface area contributed by atoms with Crippen LogP contribution in [0.25, 0.3) is 5.69 Å². The van der Waals surface area contributed by atoms with Crippen LogP contribution in [0.15, 0.2) is 30.3 Å². The summed E-state index contributed by atoms with van der Waals surface area (Å²) in [6.45, 7) is 5.46. The summed E-state index contributed by atoms with van der Waals surface area (Å²) in [6.07, 6.45) is 3.77. The van der Waals surface area contributed by atoms with Crippen LogP contribution in [-0.2, 0) is 0 Å². The fraction of sp³-hybridized carbons (Fsp3) is 0.500. The highest BCUT2D eigenvalue weighted by Crippen LogP contribution is 2.45. The van der Waals surface area contributed by atoms with Crippen molar-refractivity contribution in [3.8, 4) is 5.69 Å². The first-order valence-electron chi connectivity index (χ1n) is 9.12. The number of nitrogens with zero attached hydrogens (tertiary/aromatic N) is 3. The third-order valence-electron chi connectivity index (χ3n) is 5.60. The van der Waals surface area contributed by atoms with Crippen molar-refractivity contribution in [3.05, 3.63) is 47.3 Å². The number of hydrogen-bond donors (Lipinski definition) is 1. The van der Waals surface area contributed by atoms with E-state index in [4.69, 9.17) is 0 Å². The van der Waals surface area contributed by atoms with Crippen molar-refractivity contribution in [1.82, 2.24) is 14.7 Å². The maximum Gasteiger partial charge on any atom is 0.253 e. The van der Waals surface area contributed by atoms with Gasteiger partial charge in [-0.05, 0) is 69.9 Å². The molecular formula is C20H25N3O2. The van der Waals surface area contributed by atoms with Gasteiger partial charge in [0.05, 0.1) is 17.0 Å². The van der Waals surface area contributed by atoms with E-state index in [2.05, 4.69) is 5.10 Å². The summed E-state index contributed by atoms with van der Waals surface area (Å²) in [5, 5.41) is 14.8. The molecule has 1 saturated carbocycles. The first-order chi connectivity index (χ1) is 12.0. The Morgan fingerprint density at radius 2 is 1.96 bits per heavy atom. The molecule has 1 amide bonds. The van der Waals surface area contributed by atoms with Crippen molar-refractivity contribution in [2.75, 3.05) is 13.1 Å². The van der Waals surface area contributed by atoms with E-state index < -0.39 is 5.60 Å². The van der Waals surface area contributed by atoms with Gasteiger partial charge in [0.1, 0.15) is 0 Å². The molecule has 1 unspecified atom stereocenters. The molecular weight excluding hydrogens is 314 g/mol. The number of likely N-dealkylation sites (tertiary alicyclic amines) is 1. The van der Waals surface area contributed by atoms with Crippen LogP contribution in [0.2, 0.25) is 0 Å². The number of hydrogen-bond acceptors (Lipinski definition) is 3. The molecule has 25 heavy (non-hydrogen) atoms. The van der Waals surface area contributed by atoms with Gasteiger partial charge in [-0.25, -0.2) is 4.68 Å². The Labute approximate surface area is 148 Å². The Bertz CT molecular complexity index is 790. The minimum atomic E-state index is -0.502. The predicted molar refractivity (Wildman–Crippen MR) is 95.8 cm³/mol. The molecule has 1 N–H and O–H groups in total. The molecule has 0 spiro atoms. The molecule has 2 aliphatic rings. The normalized spacial score (nSPS) is 22.0. The van der Waals surface area contributed by atoms with Gasteiger partial charge in [0.15, 0.2) is 0 Å². The van der Waals surface area contributed by atoms with E-state index in [1.807, 2.05) is 53.8 Å². The van der Waals surface area contributed by atoms with Crippen molar-refractivity contribution in [2.24, 2.45) is 5.92 Å². The van der Waals surface area contributed by atoms with Crippen molar-refractivity contribution in [2.45, 2.75) is 45.1 Å². The number of carbonyl (C=O) groups is 1. The number of rotatable bonds is 3. The number of carbonyl (C=O) groups excluding carboxylic acids is 1. The van der Waals surface area contributed by atoms with Gasteiger partial charge in [0.2, 0.25) is 0 Å². The maximum absolute atomic E-state index is 12.8. The highest BCUT2D eigenvalue weighted by atomic mass is 16.3. The van der Waals surface area contributed by atoms with Crippen LogP contribution < -0.4 is 0 Å². The second-order valence-electron chi connectivity index (χ2n) is 7.58. The summed E-state index contributed by atoms with van der Waals surface area (Å²) in [5.41, 5.74) is 3.22. The SMILES string of the molecule is Cc1cc(C)n(-c2ccc(C(=O)N3CCCC(C4(O)CC4)C3)cc2)n1. The third-order valence-corrected chi connectivity index (χ3v) is 5.60. The molecule has 4 rings (SSSR count). The summed E-state index contributed by atoms with van der Waals surface area (Å²) < 4.78 is 1.89. The van der Waals surface area contributed by atoms with Crippen molar-refractivity contribution < 1.29 is 9.90 Å². The first-order valence-corrected chi connectivity index (χ1v) is 9.12. The summed E-state index contributed by atoms with van der Waals surface area (Å²) in [7, 11) is 0. The lowest BCUT2D eigenvalue weighted by Gasteiger charge is -2.35. The smallest absolute Gasteiger partial charge is 0.253 e. The zero-order chi connectivity index (χ0) is 17.6. The molecule has 1 saturated heterocycles. The molecule has 5 nitrogen and oxygen atoms in total. The topological polar surface area (TPSA) is 58.4 Å². The lowest BCUT2D eigenvalue weighted by atomic mass is 9.90. The summed E-state index contributed by atoms with van der Waals surface area (Å²) in [5.74, 6) is 0.299. The second kappa shape index (κ2) is 5.99.